The summed E-state index contributed by atoms with van der Waals surface area (Å²) >= 11 is 1.38. The van der Waals surface area contributed by atoms with Crippen molar-refractivity contribution in [2.45, 2.75) is 46.3 Å². The summed E-state index contributed by atoms with van der Waals surface area (Å²) in [5, 5.41) is 4.48. The van der Waals surface area contributed by atoms with Crippen LogP contribution in [0.1, 0.15) is 52.0 Å². The number of hydrogen-bond donors (Lipinski definition) is 1. The summed E-state index contributed by atoms with van der Waals surface area (Å²) in [6.45, 7) is 8.74. The van der Waals surface area contributed by atoms with Crippen molar-refractivity contribution in [1.82, 2.24) is 19.8 Å². The zero-order chi connectivity index (χ0) is 23.4. The molecule has 1 aliphatic heterocycles. The van der Waals surface area contributed by atoms with Crippen molar-refractivity contribution in [2.24, 2.45) is 0 Å². The van der Waals surface area contributed by atoms with E-state index in [0.717, 1.165) is 34.0 Å². The Morgan fingerprint density at radius 2 is 1.91 bits per heavy atom. The Hall–Kier alpha value is -2.55. The zero-order valence-corrected chi connectivity index (χ0v) is 20.8. The zero-order valence-electron chi connectivity index (χ0n) is 20.0. The fourth-order valence-corrected chi connectivity index (χ4v) is 5.39. The molecule has 3 aromatic rings. The number of hydrogen-bond acceptors (Lipinski definition) is 8. The normalized spacial score (nSPS) is 14.3. The molecule has 3 heterocycles. The molecule has 1 aromatic carbocycles. The van der Waals surface area contributed by atoms with E-state index >= 15 is 0 Å². The number of thiophene rings is 1. The second-order valence-corrected chi connectivity index (χ2v) is 9.79. The number of ether oxygens (including phenoxy) is 1. The van der Waals surface area contributed by atoms with Crippen LogP contribution in [0.25, 0.3) is 10.2 Å². The average molecular weight is 468 g/mol. The highest BCUT2D eigenvalue weighted by Crippen LogP contribution is 2.35. The molecule has 8 heteroatoms. The maximum atomic E-state index is 12.5. The van der Waals surface area contributed by atoms with Gasteiger partial charge in [-0.3, -0.25) is 4.90 Å². The highest BCUT2D eigenvalue weighted by atomic mass is 32.1. The Morgan fingerprint density at radius 1 is 1.18 bits per heavy atom. The van der Waals surface area contributed by atoms with Gasteiger partial charge in [0.2, 0.25) is 0 Å². The number of nitrogens with one attached hydrogen (secondary N) is 1. The van der Waals surface area contributed by atoms with Crippen LogP contribution in [0.3, 0.4) is 0 Å². The molecule has 0 spiro atoms. The van der Waals surface area contributed by atoms with Crippen LogP contribution >= 0.6 is 11.3 Å². The van der Waals surface area contributed by atoms with E-state index in [2.05, 4.69) is 34.5 Å². The summed E-state index contributed by atoms with van der Waals surface area (Å²) in [6.07, 6.45) is 2.57. The van der Waals surface area contributed by atoms with E-state index in [4.69, 9.17) is 14.7 Å². The predicted molar refractivity (Wildman–Crippen MR) is 134 cm³/mol. The number of benzene rings is 1. The third-order valence-corrected chi connectivity index (χ3v) is 7.08. The number of aryl methyl sites for hydroxylation is 1. The van der Waals surface area contributed by atoms with Gasteiger partial charge in [-0.15, -0.1) is 11.3 Å². The lowest BCUT2D eigenvalue weighted by Gasteiger charge is -2.18. The Labute approximate surface area is 199 Å². The molecule has 1 N–H and O–H groups in total. The second-order valence-electron chi connectivity index (χ2n) is 8.79. The van der Waals surface area contributed by atoms with Gasteiger partial charge in [-0.1, -0.05) is 24.3 Å². The molecule has 7 nitrogen and oxygen atoms in total. The molecule has 0 atom stereocenters. The number of aromatic nitrogens is 2. The quantitative estimate of drug-likeness (QED) is 0.466. The predicted octanol–water partition coefficient (Wildman–Crippen LogP) is 4.45. The monoisotopic (exact) mass is 467 g/mol. The van der Waals surface area contributed by atoms with E-state index in [-0.39, 0.29) is 5.97 Å². The van der Waals surface area contributed by atoms with Crippen LogP contribution in [-0.2, 0) is 24.4 Å². The topological polar surface area (TPSA) is 70.6 Å². The molecule has 0 radical (unpaired) electrons. The fourth-order valence-electron chi connectivity index (χ4n) is 4.30. The molecular formula is C25H33N5O2S. The molecule has 33 heavy (non-hydrogen) atoms. The summed E-state index contributed by atoms with van der Waals surface area (Å²) in [5.74, 6) is 1.21. The minimum absolute atomic E-state index is 0.297. The first-order valence-electron chi connectivity index (χ1n) is 11.6. The summed E-state index contributed by atoms with van der Waals surface area (Å²) in [5.41, 5.74) is 3.49. The van der Waals surface area contributed by atoms with Gasteiger partial charge in [0.05, 0.1) is 18.5 Å². The fraction of sp³-hybridized carbons (Fsp3) is 0.480. The molecule has 0 unspecified atom stereocenters. The van der Waals surface area contributed by atoms with Gasteiger partial charge in [0.1, 0.15) is 21.3 Å². The molecule has 1 saturated heterocycles. The number of carbonyl (C=O) groups excluding carboxylic acids is 1. The van der Waals surface area contributed by atoms with Gasteiger partial charge in [-0.2, -0.15) is 0 Å². The van der Waals surface area contributed by atoms with E-state index in [1.807, 2.05) is 32.8 Å². The number of fused-ring (bicyclic) bond motifs is 1. The van der Waals surface area contributed by atoms with Gasteiger partial charge in [-0.25, -0.2) is 14.8 Å². The Kier molecular flexibility index (Phi) is 7.57. The Morgan fingerprint density at radius 3 is 2.61 bits per heavy atom. The first kappa shape index (κ1) is 23.6. The summed E-state index contributed by atoms with van der Waals surface area (Å²) in [7, 11) is 4.00. The Bertz CT molecular complexity index is 1120. The molecular weight excluding hydrogens is 434 g/mol. The largest absolute Gasteiger partial charge is 0.462 e. The van der Waals surface area contributed by atoms with E-state index in [1.54, 1.807) is 0 Å². The number of rotatable bonds is 9. The molecule has 2 aromatic heterocycles. The van der Waals surface area contributed by atoms with Crippen molar-refractivity contribution in [3.8, 4) is 0 Å². The van der Waals surface area contributed by atoms with E-state index in [0.29, 0.717) is 24.6 Å². The van der Waals surface area contributed by atoms with Gasteiger partial charge in [-0.05, 0) is 70.6 Å². The number of esters is 1. The highest BCUT2D eigenvalue weighted by molar-refractivity contribution is 7.20. The summed E-state index contributed by atoms with van der Waals surface area (Å²) < 4.78 is 5.27. The maximum Gasteiger partial charge on any atom is 0.348 e. The van der Waals surface area contributed by atoms with Crippen LogP contribution in [0.5, 0.6) is 0 Å². The van der Waals surface area contributed by atoms with Crippen LogP contribution in [0.4, 0.5) is 5.82 Å². The number of nitrogens with zero attached hydrogens (tertiary/aromatic N) is 4. The van der Waals surface area contributed by atoms with E-state index in [9.17, 15) is 4.79 Å². The van der Waals surface area contributed by atoms with Crippen LogP contribution in [-0.4, -0.2) is 59.5 Å². The summed E-state index contributed by atoms with van der Waals surface area (Å²) in [4.78, 5) is 28.1. The third-order valence-electron chi connectivity index (χ3n) is 5.91. The molecule has 0 saturated carbocycles. The van der Waals surface area contributed by atoms with Crippen molar-refractivity contribution >= 4 is 33.3 Å². The molecule has 1 aliphatic rings. The van der Waals surface area contributed by atoms with Crippen LogP contribution in [0, 0.1) is 6.92 Å². The lowest BCUT2D eigenvalue weighted by atomic mass is 10.1. The van der Waals surface area contributed by atoms with Gasteiger partial charge in [0.15, 0.2) is 0 Å². The highest BCUT2D eigenvalue weighted by Gasteiger charge is 2.22. The van der Waals surface area contributed by atoms with Crippen LogP contribution < -0.4 is 5.32 Å². The van der Waals surface area contributed by atoms with Gasteiger partial charge in [0.25, 0.3) is 0 Å². The summed E-state index contributed by atoms with van der Waals surface area (Å²) in [6, 6.07) is 8.60. The van der Waals surface area contributed by atoms with E-state index < -0.39 is 0 Å². The van der Waals surface area contributed by atoms with Crippen molar-refractivity contribution in [3.63, 3.8) is 0 Å². The molecule has 4 rings (SSSR count). The smallest absolute Gasteiger partial charge is 0.348 e. The van der Waals surface area contributed by atoms with Gasteiger partial charge in [0, 0.05) is 13.1 Å². The molecule has 1 fully saturated rings. The van der Waals surface area contributed by atoms with Crippen molar-refractivity contribution < 1.29 is 9.53 Å². The molecule has 176 valence electrons. The average Bonchev–Trinajstić information content (AvgIpc) is 3.40. The minimum Gasteiger partial charge on any atom is -0.462 e. The van der Waals surface area contributed by atoms with E-state index in [1.165, 1.54) is 48.4 Å². The van der Waals surface area contributed by atoms with Crippen molar-refractivity contribution in [2.75, 3.05) is 39.1 Å². The first-order valence-corrected chi connectivity index (χ1v) is 12.4. The molecule has 0 bridgehead atoms. The molecule has 0 amide bonds. The minimum atomic E-state index is -0.297. The SMILES string of the molecule is CCOC(=O)c1sc2nc(CN(C)C)nc(NCc3ccccc3CN3CCCC3)c2c1C. The number of carbonyl (C=O) groups is 1. The van der Waals surface area contributed by atoms with Crippen molar-refractivity contribution in [1.29, 1.82) is 0 Å². The lowest BCUT2D eigenvalue weighted by Crippen LogP contribution is -2.20. The maximum absolute atomic E-state index is 12.5. The standard InChI is InChI=1S/C25H33N5O2S/c1-5-32-25(31)22-17(2)21-23(27-20(16-29(3)4)28-24(21)33-22)26-14-18-10-6-7-11-19(18)15-30-12-8-9-13-30/h6-7,10-11H,5,8-9,12-16H2,1-4H3,(H,26,27,28). The van der Waals surface area contributed by atoms with Gasteiger partial charge >= 0.3 is 5.97 Å². The Balaban J connectivity index is 1.65. The third kappa shape index (κ3) is 5.51. The van der Waals surface area contributed by atoms with Gasteiger partial charge < -0.3 is 15.0 Å². The molecule has 0 aliphatic carbocycles. The first-order chi connectivity index (χ1) is 16.0. The number of anilines is 1. The second kappa shape index (κ2) is 10.6. The van der Waals surface area contributed by atoms with Crippen molar-refractivity contribution in [3.05, 3.63) is 51.7 Å². The number of likely N-dealkylation sites (tertiary alicyclic amines) is 1. The lowest BCUT2D eigenvalue weighted by molar-refractivity contribution is 0.0531. The van der Waals surface area contributed by atoms with Crippen LogP contribution in [0.2, 0.25) is 0 Å². The van der Waals surface area contributed by atoms with Crippen LogP contribution in [0.15, 0.2) is 24.3 Å².